The topological polar surface area (TPSA) is 12.0 Å². The summed E-state index contributed by atoms with van der Waals surface area (Å²) in [6, 6.07) is 11.6. The number of halogens is 1. The molecule has 2 aromatic rings. The molecule has 0 aliphatic rings. The van der Waals surface area contributed by atoms with Crippen molar-refractivity contribution >= 4 is 11.3 Å². The standard InChI is InChI=1S/C15H18FNS/c1-3-14(12-6-8-13(16)9-7-12)17-11(2)15-5-4-10-18-15/h4-11,14,17H,3H2,1-2H3/t11-,14?/m1/s1. The molecule has 1 heterocycles. The smallest absolute Gasteiger partial charge is 0.123 e. The predicted molar refractivity (Wildman–Crippen MR) is 75.3 cm³/mol. The first-order valence-corrected chi connectivity index (χ1v) is 7.13. The molecule has 0 radical (unpaired) electrons. The number of nitrogens with one attached hydrogen (secondary N) is 1. The number of hydrogen-bond donors (Lipinski definition) is 1. The van der Waals surface area contributed by atoms with Crippen LogP contribution >= 0.6 is 11.3 Å². The highest BCUT2D eigenvalue weighted by Crippen LogP contribution is 2.24. The van der Waals surface area contributed by atoms with Crippen LogP contribution in [0, 0.1) is 5.82 Å². The minimum absolute atomic E-state index is 0.181. The summed E-state index contributed by atoms with van der Waals surface area (Å²) < 4.78 is 12.9. The minimum atomic E-state index is -0.181. The molecular weight excluding hydrogens is 245 g/mol. The Balaban J connectivity index is 2.07. The highest BCUT2D eigenvalue weighted by molar-refractivity contribution is 7.10. The van der Waals surface area contributed by atoms with Gasteiger partial charge in [0.2, 0.25) is 0 Å². The van der Waals surface area contributed by atoms with Crippen LogP contribution in [0.2, 0.25) is 0 Å². The molecule has 1 aromatic heterocycles. The van der Waals surface area contributed by atoms with Gasteiger partial charge in [0.1, 0.15) is 5.82 Å². The van der Waals surface area contributed by atoms with Crippen molar-refractivity contribution < 1.29 is 4.39 Å². The van der Waals surface area contributed by atoms with E-state index in [1.807, 2.05) is 12.1 Å². The largest absolute Gasteiger partial charge is 0.303 e. The van der Waals surface area contributed by atoms with Crippen LogP contribution in [0.3, 0.4) is 0 Å². The van der Waals surface area contributed by atoms with Crippen molar-refractivity contribution in [1.82, 2.24) is 5.32 Å². The van der Waals surface area contributed by atoms with Gasteiger partial charge < -0.3 is 5.32 Å². The number of benzene rings is 1. The second kappa shape index (κ2) is 6.12. The molecular formula is C15H18FNS. The van der Waals surface area contributed by atoms with Crippen LogP contribution in [-0.4, -0.2) is 0 Å². The van der Waals surface area contributed by atoms with E-state index in [1.54, 1.807) is 11.3 Å². The summed E-state index contributed by atoms with van der Waals surface area (Å²) in [4.78, 5) is 1.33. The van der Waals surface area contributed by atoms with E-state index in [2.05, 4.69) is 36.7 Å². The Morgan fingerprint density at radius 3 is 2.50 bits per heavy atom. The molecule has 0 fully saturated rings. The highest BCUT2D eigenvalue weighted by Gasteiger charge is 2.14. The third-order valence-electron chi connectivity index (χ3n) is 3.10. The van der Waals surface area contributed by atoms with Crippen LogP contribution in [0.5, 0.6) is 0 Å². The molecule has 0 spiro atoms. The zero-order chi connectivity index (χ0) is 13.0. The molecule has 1 N–H and O–H groups in total. The normalized spacial score (nSPS) is 14.4. The van der Waals surface area contributed by atoms with E-state index in [9.17, 15) is 4.39 Å². The van der Waals surface area contributed by atoms with Crippen molar-refractivity contribution in [2.24, 2.45) is 0 Å². The molecule has 18 heavy (non-hydrogen) atoms. The lowest BCUT2D eigenvalue weighted by molar-refractivity contribution is 0.460. The third-order valence-corrected chi connectivity index (χ3v) is 4.16. The minimum Gasteiger partial charge on any atom is -0.303 e. The highest BCUT2D eigenvalue weighted by atomic mass is 32.1. The van der Waals surface area contributed by atoms with Crippen LogP contribution in [0.25, 0.3) is 0 Å². The lowest BCUT2D eigenvalue weighted by atomic mass is 10.0. The van der Waals surface area contributed by atoms with Gasteiger partial charge in [0.15, 0.2) is 0 Å². The average molecular weight is 263 g/mol. The van der Waals surface area contributed by atoms with Crippen molar-refractivity contribution in [3.8, 4) is 0 Å². The van der Waals surface area contributed by atoms with E-state index in [0.29, 0.717) is 6.04 Å². The van der Waals surface area contributed by atoms with Crippen molar-refractivity contribution in [2.45, 2.75) is 32.4 Å². The molecule has 1 aromatic carbocycles. The molecule has 0 aliphatic heterocycles. The Hall–Kier alpha value is -1.19. The predicted octanol–water partition coefficient (Wildman–Crippen LogP) is 4.69. The van der Waals surface area contributed by atoms with Gasteiger partial charge in [-0.15, -0.1) is 11.3 Å². The molecule has 3 heteroatoms. The van der Waals surface area contributed by atoms with Gasteiger partial charge in [-0.3, -0.25) is 0 Å². The first kappa shape index (κ1) is 13.2. The number of rotatable bonds is 5. The van der Waals surface area contributed by atoms with Crippen LogP contribution in [0.1, 0.15) is 42.8 Å². The summed E-state index contributed by atoms with van der Waals surface area (Å²) in [6.07, 6.45) is 0.987. The van der Waals surface area contributed by atoms with Crippen molar-refractivity contribution in [1.29, 1.82) is 0 Å². The molecule has 1 unspecified atom stereocenters. The fourth-order valence-electron chi connectivity index (χ4n) is 2.07. The lowest BCUT2D eigenvalue weighted by Gasteiger charge is -2.22. The van der Waals surface area contributed by atoms with E-state index in [4.69, 9.17) is 0 Å². The lowest BCUT2D eigenvalue weighted by Crippen LogP contribution is -2.23. The van der Waals surface area contributed by atoms with Gasteiger partial charge in [-0.05, 0) is 42.5 Å². The maximum absolute atomic E-state index is 12.9. The maximum Gasteiger partial charge on any atom is 0.123 e. The van der Waals surface area contributed by atoms with Gasteiger partial charge in [0, 0.05) is 17.0 Å². The third kappa shape index (κ3) is 3.18. The van der Waals surface area contributed by atoms with E-state index >= 15 is 0 Å². The fraction of sp³-hybridized carbons (Fsp3) is 0.333. The van der Waals surface area contributed by atoms with Crippen LogP contribution < -0.4 is 5.32 Å². The van der Waals surface area contributed by atoms with Crippen LogP contribution in [0.15, 0.2) is 41.8 Å². The monoisotopic (exact) mass is 263 g/mol. The molecule has 0 aliphatic carbocycles. The molecule has 0 amide bonds. The Bertz CT molecular complexity index is 464. The summed E-state index contributed by atoms with van der Waals surface area (Å²) >= 11 is 1.76. The molecule has 0 bridgehead atoms. The summed E-state index contributed by atoms with van der Waals surface area (Å²) in [5, 5.41) is 5.68. The average Bonchev–Trinajstić information content (AvgIpc) is 2.91. The van der Waals surface area contributed by atoms with Gasteiger partial charge in [0.05, 0.1) is 0 Å². The summed E-state index contributed by atoms with van der Waals surface area (Å²) in [5.41, 5.74) is 1.14. The van der Waals surface area contributed by atoms with Gasteiger partial charge in [-0.2, -0.15) is 0 Å². The molecule has 2 atom stereocenters. The fourth-order valence-corrected chi connectivity index (χ4v) is 2.81. The zero-order valence-electron chi connectivity index (χ0n) is 10.7. The van der Waals surface area contributed by atoms with Crippen LogP contribution in [0.4, 0.5) is 4.39 Å². The van der Waals surface area contributed by atoms with Gasteiger partial charge in [0.25, 0.3) is 0 Å². The first-order valence-electron chi connectivity index (χ1n) is 6.25. The molecule has 0 saturated carbocycles. The summed E-state index contributed by atoms with van der Waals surface area (Å²) in [5.74, 6) is -0.181. The quantitative estimate of drug-likeness (QED) is 0.825. The molecule has 96 valence electrons. The van der Waals surface area contributed by atoms with Gasteiger partial charge in [-0.1, -0.05) is 25.1 Å². The summed E-state index contributed by atoms with van der Waals surface area (Å²) in [7, 11) is 0. The van der Waals surface area contributed by atoms with E-state index < -0.39 is 0 Å². The number of hydrogen-bond acceptors (Lipinski definition) is 2. The van der Waals surface area contributed by atoms with E-state index in [-0.39, 0.29) is 11.9 Å². The SMILES string of the molecule is CCC(N[C@H](C)c1cccs1)c1ccc(F)cc1. The van der Waals surface area contributed by atoms with Gasteiger partial charge >= 0.3 is 0 Å². The van der Waals surface area contributed by atoms with Crippen molar-refractivity contribution in [2.75, 3.05) is 0 Å². The summed E-state index contributed by atoms with van der Waals surface area (Å²) in [6.45, 7) is 4.31. The number of thiophene rings is 1. The molecule has 0 saturated heterocycles. The Morgan fingerprint density at radius 1 is 1.22 bits per heavy atom. The van der Waals surface area contributed by atoms with Crippen LogP contribution in [-0.2, 0) is 0 Å². The Morgan fingerprint density at radius 2 is 1.94 bits per heavy atom. The second-order valence-electron chi connectivity index (χ2n) is 4.42. The van der Waals surface area contributed by atoms with Crippen molar-refractivity contribution in [3.05, 3.63) is 58.0 Å². The van der Waals surface area contributed by atoms with Crippen molar-refractivity contribution in [3.63, 3.8) is 0 Å². The second-order valence-corrected chi connectivity index (χ2v) is 5.40. The Kier molecular flexibility index (Phi) is 4.50. The molecule has 2 rings (SSSR count). The van der Waals surface area contributed by atoms with Gasteiger partial charge in [-0.25, -0.2) is 4.39 Å². The first-order chi connectivity index (χ1) is 8.70. The Labute approximate surface area is 112 Å². The van der Waals surface area contributed by atoms with E-state index in [1.165, 1.54) is 17.0 Å². The maximum atomic E-state index is 12.9. The zero-order valence-corrected chi connectivity index (χ0v) is 11.5. The van der Waals surface area contributed by atoms with E-state index in [0.717, 1.165) is 12.0 Å². The molecule has 1 nitrogen and oxygen atoms in total.